The molecule has 1 saturated heterocycles. The third kappa shape index (κ3) is 8.28. The van der Waals surface area contributed by atoms with Gasteiger partial charge in [0, 0.05) is 39.4 Å². The first-order valence-electron chi connectivity index (χ1n) is 11.0. The van der Waals surface area contributed by atoms with Gasteiger partial charge in [-0.25, -0.2) is 4.98 Å². The Labute approximate surface area is 193 Å². The number of rotatable bonds is 8. The second kappa shape index (κ2) is 13.3. The van der Waals surface area contributed by atoms with Crippen molar-refractivity contribution >= 4 is 35.8 Å². The number of ether oxygens (including phenoxy) is 1. The number of hydrogen-bond donors (Lipinski definition) is 2. The molecule has 0 bridgehead atoms. The predicted molar refractivity (Wildman–Crippen MR) is 131 cm³/mol. The molecule has 6 nitrogen and oxygen atoms in total. The Bertz CT molecular complexity index is 621. The van der Waals surface area contributed by atoms with Crippen molar-refractivity contribution in [3.05, 3.63) is 23.9 Å². The fraction of sp³-hybridized carbons (Fsp3) is 0.727. The van der Waals surface area contributed by atoms with Gasteiger partial charge in [0.15, 0.2) is 5.96 Å². The summed E-state index contributed by atoms with van der Waals surface area (Å²) < 4.78 is 5.63. The summed E-state index contributed by atoms with van der Waals surface area (Å²) in [7, 11) is 1.83. The molecule has 0 spiro atoms. The van der Waals surface area contributed by atoms with E-state index in [1.54, 1.807) is 0 Å². The van der Waals surface area contributed by atoms with Gasteiger partial charge in [-0.15, -0.1) is 24.0 Å². The topological polar surface area (TPSA) is 61.8 Å². The highest BCUT2D eigenvalue weighted by molar-refractivity contribution is 14.0. The zero-order chi connectivity index (χ0) is 19.6. The van der Waals surface area contributed by atoms with Crippen LogP contribution in [0.2, 0.25) is 0 Å². The Morgan fingerprint density at radius 3 is 2.86 bits per heavy atom. The number of morpholine rings is 1. The van der Waals surface area contributed by atoms with Crippen molar-refractivity contribution in [3.63, 3.8) is 0 Å². The maximum Gasteiger partial charge on any atom is 0.191 e. The van der Waals surface area contributed by atoms with E-state index in [1.165, 1.54) is 50.5 Å². The monoisotopic (exact) mass is 515 g/mol. The van der Waals surface area contributed by atoms with Gasteiger partial charge in [0.05, 0.1) is 12.7 Å². The maximum absolute atomic E-state index is 5.63. The molecule has 1 saturated carbocycles. The van der Waals surface area contributed by atoms with Crippen LogP contribution >= 0.6 is 24.0 Å². The molecular weight excluding hydrogens is 477 g/mol. The van der Waals surface area contributed by atoms with Gasteiger partial charge in [-0.05, 0) is 37.0 Å². The Kier molecular flexibility index (Phi) is 11.1. The van der Waals surface area contributed by atoms with Crippen molar-refractivity contribution in [3.8, 4) is 0 Å². The van der Waals surface area contributed by atoms with Gasteiger partial charge in [0.1, 0.15) is 5.82 Å². The average Bonchev–Trinajstić information content (AvgIpc) is 3.24. The van der Waals surface area contributed by atoms with Gasteiger partial charge < -0.3 is 20.3 Å². The number of aromatic nitrogens is 1. The van der Waals surface area contributed by atoms with E-state index < -0.39 is 0 Å². The smallest absolute Gasteiger partial charge is 0.191 e. The Balaban J connectivity index is 0.00000300. The molecule has 2 heterocycles. The number of nitrogens with one attached hydrogen (secondary N) is 2. The van der Waals surface area contributed by atoms with Gasteiger partial charge in [-0.1, -0.05) is 38.5 Å². The second-order valence-corrected chi connectivity index (χ2v) is 8.15. The van der Waals surface area contributed by atoms with E-state index in [1.807, 2.05) is 13.2 Å². The van der Waals surface area contributed by atoms with Crippen molar-refractivity contribution in [2.75, 3.05) is 38.2 Å². The summed E-state index contributed by atoms with van der Waals surface area (Å²) in [6.45, 7) is 6.41. The summed E-state index contributed by atoms with van der Waals surface area (Å²) >= 11 is 0. The summed E-state index contributed by atoms with van der Waals surface area (Å²) in [5, 5.41) is 6.87. The van der Waals surface area contributed by atoms with Gasteiger partial charge in [-0.3, -0.25) is 4.99 Å². The molecule has 1 aromatic heterocycles. The number of nitrogens with zero attached hydrogens (tertiary/aromatic N) is 3. The van der Waals surface area contributed by atoms with E-state index in [2.05, 4.69) is 44.6 Å². The number of anilines is 1. The number of unbranched alkanes of at least 4 members (excludes halogenated alkanes) is 1. The van der Waals surface area contributed by atoms with E-state index in [9.17, 15) is 0 Å². The second-order valence-electron chi connectivity index (χ2n) is 8.15. The molecule has 1 aliphatic heterocycles. The fourth-order valence-electron chi connectivity index (χ4n) is 4.24. The van der Waals surface area contributed by atoms with E-state index in [4.69, 9.17) is 4.74 Å². The normalized spacial score (nSPS) is 20.4. The Hall–Kier alpha value is -1.09. The molecule has 7 heteroatoms. The van der Waals surface area contributed by atoms with Crippen LogP contribution in [0.4, 0.5) is 5.82 Å². The predicted octanol–water partition coefficient (Wildman–Crippen LogP) is 3.95. The summed E-state index contributed by atoms with van der Waals surface area (Å²) in [5.41, 5.74) is 1.22. The first-order valence-corrected chi connectivity index (χ1v) is 11.0. The SMILES string of the molecule is CN=C(NCCCCC1CCCC1)NCc1ccnc(N2CCOC(C)C2)c1.I. The van der Waals surface area contributed by atoms with Gasteiger partial charge in [-0.2, -0.15) is 0 Å². The minimum Gasteiger partial charge on any atom is -0.375 e. The summed E-state index contributed by atoms with van der Waals surface area (Å²) in [4.78, 5) is 11.2. The quantitative estimate of drug-likeness (QED) is 0.238. The van der Waals surface area contributed by atoms with E-state index in [0.717, 1.165) is 50.5 Å². The first-order chi connectivity index (χ1) is 13.7. The van der Waals surface area contributed by atoms with E-state index in [0.29, 0.717) is 0 Å². The van der Waals surface area contributed by atoms with Crippen LogP contribution in [0.1, 0.15) is 57.4 Å². The van der Waals surface area contributed by atoms with Gasteiger partial charge in [0.25, 0.3) is 0 Å². The Morgan fingerprint density at radius 2 is 2.10 bits per heavy atom. The number of pyridine rings is 1. The van der Waals surface area contributed by atoms with Crippen LogP contribution in [0.25, 0.3) is 0 Å². The average molecular weight is 515 g/mol. The number of hydrogen-bond acceptors (Lipinski definition) is 4. The molecule has 29 heavy (non-hydrogen) atoms. The van der Waals surface area contributed by atoms with Crippen LogP contribution in [0, 0.1) is 5.92 Å². The van der Waals surface area contributed by atoms with Crippen molar-refractivity contribution in [2.45, 2.75) is 64.5 Å². The molecule has 164 valence electrons. The minimum absolute atomic E-state index is 0. The fourth-order valence-corrected chi connectivity index (χ4v) is 4.24. The molecule has 1 aliphatic carbocycles. The van der Waals surface area contributed by atoms with Crippen LogP contribution in [-0.2, 0) is 11.3 Å². The lowest BCUT2D eigenvalue weighted by Crippen LogP contribution is -2.41. The van der Waals surface area contributed by atoms with Crippen molar-refractivity contribution in [2.24, 2.45) is 10.9 Å². The standard InChI is InChI=1S/C22H37N5O.HI/c1-18-17-27(13-14-28-18)21-15-20(10-12-24-21)16-26-22(23-2)25-11-6-5-9-19-7-3-4-8-19;/h10,12,15,18-19H,3-9,11,13-14,16-17H2,1-2H3,(H2,23,25,26);1H. The van der Waals surface area contributed by atoms with E-state index >= 15 is 0 Å². The highest BCUT2D eigenvalue weighted by atomic mass is 127. The maximum atomic E-state index is 5.63. The third-order valence-electron chi connectivity index (χ3n) is 5.86. The lowest BCUT2D eigenvalue weighted by molar-refractivity contribution is 0.0529. The molecule has 2 aliphatic rings. The summed E-state index contributed by atoms with van der Waals surface area (Å²) in [5.74, 6) is 2.90. The molecule has 2 fully saturated rings. The molecule has 0 amide bonds. The molecule has 0 radical (unpaired) electrons. The summed E-state index contributed by atoms with van der Waals surface area (Å²) in [6, 6.07) is 4.23. The highest BCUT2D eigenvalue weighted by Crippen LogP contribution is 2.28. The molecule has 1 aromatic rings. The van der Waals surface area contributed by atoms with Crippen molar-refractivity contribution < 1.29 is 4.74 Å². The number of halogens is 1. The minimum atomic E-state index is 0. The molecule has 1 unspecified atom stereocenters. The highest BCUT2D eigenvalue weighted by Gasteiger charge is 2.18. The van der Waals surface area contributed by atoms with E-state index in [-0.39, 0.29) is 30.1 Å². The molecular formula is C22H38IN5O. The summed E-state index contributed by atoms with van der Waals surface area (Å²) in [6.07, 6.45) is 11.9. The molecule has 1 atom stereocenters. The number of guanidine groups is 1. The Morgan fingerprint density at radius 1 is 1.28 bits per heavy atom. The first kappa shape index (κ1) is 24.2. The molecule has 0 aromatic carbocycles. The lowest BCUT2D eigenvalue weighted by atomic mass is 10.0. The van der Waals surface area contributed by atoms with Crippen LogP contribution in [0.15, 0.2) is 23.3 Å². The van der Waals surface area contributed by atoms with Gasteiger partial charge in [0.2, 0.25) is 0 Å². The van der Waals surface area contributed by atoms with Crippen molar-refractivity contribution in [1.29, 1.82) is 0 Å². The largest absolute Gasteiger partial charge is 0.375 e. The third-order valence-corrected chi connectivity index (χ3v) is 5.86. The van der Waals surface area contributed by atoms with Gasteiger partial charge >= 0.3 is 0 Å². The molecule has 2 N–H and O–H groups in total. The van der Waals surface area contributed by atoms with Crippen molar-refractivity contribution in [1.82, 2.24) is 15.6 Å². The zero-order valence-electron chi connectivity index (χ0n) is 18.0. The van der Waals surface area contributed by atoms with Crippen LogP contribution < -0.4 is 15.5 Å². The molecule has 3 rings (SSSR count). The van der Waals surface area contributed by atoms with Crippen LogP contribution in [0.5, 0.6) is 0 Å². The zero-order valence-corrected chi connectivity index (χ0v) is 20.4. The number of aliphatic imine (C=N–C) groups is 1. The van der Waals surface area contributed by atoms with Crippen LogP contribution in [-0.4, -0.2) is 50.3 Å². The lowest BCUT2D eigenvalue weighted by Gasteiger charge is -2.32. The van der Waals surface area contributed by atoms with Crippen LogP contribution in [0.3, 0.4) is 0 Å².